The number of hydrogen-bond acceptors (Lipinski definition) is 7. The highest BCUT2D eigenvalue weighted by atomic mass is 16.5. The number of ether oxygens (including phenoxy) is 1. The molecule has 0 aliphatic heterocycles. The number of amides is 1. The number of nitrogens with zero attached hydrogens (tertiary/aromatic N) is 3. The summed E-state index contributed by atoms with van der Waals surface area (Å²) >= 11 is 0. The summed E-state index contributed by atoms with van der Waals surface area (Å²) in [6, 6.07) is 0.285. The summed E-state index contributed by atoms with van der Waals surface area (Å²) in [6.45, 7) is 6.14. The molecule has 2 rings (SSSR count). The first-order valence-corrected chi connectivity index (χ1v) is 7.37. The van der Waals surface area contributed by atoms with Gasteiger partial charge < -0.3 is 20.7 Å². The maximum atomic E-state index is 11.5. The van der Waals surface area contributed by atoms with Crippen LogP contribution in [0.1, 0.15) is 26.7 Å². The van der Waals surface area contributed by atoms with E-state index in [1.807, 2.05) is 13.8 Å². The van der Waals surface area contributed by atoms with Crippen molar-refractivity contribution in [1.82, 2.24) is 20.3 Å². The summed E-state index contributed by atoms with van der Waals surface area (Å²) in [5.41, 5.74) is 0. The first-order chi connectivity index (χ1) is 10.2. The van der Waals surface area contributed by atoms with E-state index < -0.39 is 0 Å². The first kappa shape index (κ1) is 15.3. The van der Waals surface area contributed by atoms with E-state index in [0.29, 0.717) is 38.1 Å². The van der Waals surface area contributed by atoms with Crippen molar-refractivity contribution in [2.45, 2.75) is 26.7 Å². The summed E-state index contributed by atoms with van der Waals surface area (Å²) in [4.78, 5) is 24.0. The Morgan fingerprint density at radius 2 is 1.86 bits per heavy atom. The van der Waals surface area contributed by atoms with E-state index in [2.05, 4.69) is 30.9 Å². The lowest BCUT2D eigenvalue weighted by Crippen LogP contribution is -2.30. The quantitative estimate of drug-likeness (QED) is 0.574. The maximum Gasteiger partial charge on any atom is 0.323 e. The first-order valence-electron chi connectivity index (χ1n) is 7.37. The molecular weight excluding hydrogens is 272 g/mol. The highest BCUT2D eigenvalue weighted by Gasteiger charge is 2.28. The molecule has 116 valence electrons. The Hall–Kier alpha value is -2.12. The highest BCUT2D eigenvalue weighted by Crippen LogP contribution is 2.28. The number of nitrogens with one attached hydrogen (secondary N) is 3. The molecular formula is C13H22N6O2. The molecule has 1 aliphatic carbocycles. The highest BCUT2D eigenvalue weighted by molar-refractivity contribution is 5.80. The van der Waals surface area contributed by atoms with Crippen LogP contribution in [-0.4, -0.2) is 47.1 Å². The Labute approximate surface area is 124 Å². The van der Waals surface area contributed by atoms with Gasteiger partial charge in [0.15, 0.2) is 0 Å². The molecule has 1 amide bonds. The van der Waals surface area contributed by atoms with Crippen molar-refractivity contribution in [3.63, 3.8) is 0 Å². The van der Waals surface area contributed by atoms with Crippen LogP contribution in [0.3, 0.4) is 0 Å². The third kappa shape index (κ3) is 5.05. The van der Waals surface area contributed by atoms with Crippen LogP contribution >= 0.6 is 0 Å². The fourth-order valence-corrected chi connectivity index (χ4v) is 1.72. The van der Waals surface area contributed by atoms with Crippen LogP contribution in [0.15, 0.2) is 0 Å². The SMILES string of the molecule is CCNc1nc(NCCNC(=O)C2CC2)nc(OCC)n1. The number of carbonyl (C=O) groups excluding carboxylic acids is 1. The summed E-state index contributed by atoms with van der Waals surface area (Å²) < 4.78 is 5.31. The Kier molecular flexibility index (Phi) is 5.53. The Balaban J connectivity index is 1.83. The summed E-state index contributed by atoms with van der Waals surface area (Å²) in [7, 11) is 0. The molecule has 0 bridgehead atoms. The van der Waals surface area contributed by atoms with Gasteiger partial charge in [0.05, 0.1) is 6.61 Å². The van der Waals surface area contributed by atoms with E-state index in [0.717, 1.165) is 12.8 Å². The van der Waals surface area contributed by atoms with Crippen molar-refractivity contribution in [2.75, 3.05) is 36.9 Å². The molecule has 1 heterocycles. The molecule has 3 N–H and O–H groups in total. The Morgan fingerprint density at radius 1 is 1.14 bits per heavy atom. The van der Waals surface area contributed by atoms with Gasteiger partial charge in [0.1, 0.15) is 0 Å². The molecule has 1 saturated carbocycles. The minimum Gasteiger partial charge on any atom is -0.464 e. The van der Waals surface area contributed by atoms with Gasteiger partial charge in [-0.15, -0.1) is 0 Å². The number of anilines is 2. The largest absolute Gasteiger partial charge is 0.464 e. The van der Waals surface area contributed by atoms with Gasteiger partial charge in [-0.05, 0) is 26.7 Å². The fraction of sp³-hybridized carbons (Fsp3) is 0.692. The number of carbonyl (C=O) groups is 1. The molecule has 0 spiro atoms. The average molecular weight is 294 g/mol. The van der Waals surface area contributed by atoms with Gasteiger partial charge in [-0.2, -0.15) is 15.0 Å². The van der Waals surface area contributed by atoms with Crippen LogP contribution in [0.2, 0.25) is 0 Å². The topological polar surface area (TPSA) is 101 Å². The van der Waals surface area contributed by atoms with Crippen LogP contribution in [0.4, 0.5) is 11.9 Å². The molecule has 1 aliphatic rings. The predicted molar refractivity (Wildman–Crippen MR) is 79.4 cm³/mol. The van der Waals surface area contributed by atoms with Crippen LogP contribution in [-0.2, 0) is 4.79 Å². The van der Waals surface area contributed by atoms with Crippen molar-refractivity contribution in [3.8, 4) is 6.01 Å². The lowest BCUT2D eigenvalue weighted by Gasteiger charge is -2.09. The molecule has 1 aromatic heterocycles. The Morgan fingerprint density at radius 3 is 2.48 bits per heavy atom. The average Bonchev–Trinajstić information content (AvgIpc) is 3.28. The molecule has 1 aromatic rings. The maximum absolute atomic E-state index is 11.5. The molecule has 1 fully saturated rings. The van der Waals surface area contributed by atoms with Crippen LogP contribution in [0.25, 0.3) is 0 Å². The van der Waals surface area contributed by atoms with E-state index >= 15 is 0 Å². The van der Waals surface area contributed by atoms with Gasteiger partial charge >= 0.3 is 6.01 Å². The monoisotopic (exact) mass is 294 g/mol. The number of rotatable bonds is 9. The lowest BCUT2D eigenvalue weighted by atomic mass is 10.4. The van der Waals surface area contributed by atoms with Crippen molar-refractivity contribution in [1.29, 1.82) is 0 Å². The third-order valence-electron chi connectivity index (χ3n) is 2.88. The zero-order chi connectivity index (χ0) is 15.1. The van der Waals surface area contributed by atoms with Crippen LogP contribution < -0.4 is 20.7 Å². The molecule has 0 radical (unpaired) electrons. The van der Waals surface area contributed by atoms with Gasteiger partial charge in [0, 0.05) is 25.6 Å². The summed E-state index contributed by atoms with van der Waals surface area (Å²) in [5.74, 6) is 1.27. The lowest BCUT2D eigenvalue weighted by molar-refractivity contribution is -0.122. The smallest absolute Gasteiger partial charge is 0.323 e. The van der Waals surface area contributed by atoms with Gasteiger partial charge in [-0.25, -0.2) is 0 Å². The standard InChI is InChI=1S/C13H22N6O2/c1-3-14-11-17-12(19-13(18-11)21-4-2)16-8-7-15-10(20)9-5-6-9/h9H,3-8H2,1-2H3,(H,15,20)(H2,14,16,17,18,19). The normalized spacial score (nSPS) is 13.6. The molecule has 8 heteroatoms. The molecule has 8 nitrogen and oxygen atoms in total. The molecule has 0 saturated heterocycles. The second-order valence-corrected chi connectivity index (χ2v) is 4.72. The van der Waals surface area contributed by atoms with Crippen LogP contribution in [0.5, 0.6) is 6.01 Å². The van der Waals surface area contributed by atoms with Crippen LogP contribution in [0, 0.1) is 5.92 Å². The van der Waals surface area contributed by atoms with Gasteiger partial charge in [0.2, 0.25) is 17.8 Å². The van der Waals surface area contributed by atoms with Crippen molar-refractivity contribution < 1.29 is 9.53 Å². The third-order valence-corrected chi connectivity index (χ3v) is 2.88. The zero-order valence-electron chi connectivity index (χ0n) is 12.5. The number of hydrogen-bond donors (Lipinski definition) is 3. The van der Waals surface area contributed by atoms with E-state index in [4.69, 9.17) is 4.74 Å². The van der Waals surface area contributed by atoms with Gasteiger partial charge in [0.25, 0.3) is 0 Å². The van der Waals surface area contributed by atoms with E-state index in [1.165, 1.54) is 0 Å². The zero-order valence-corrected chi connectivity index (χ0v) is 12.5. The summed E-state index contributed by atoms with van der Waals surface area (Å²) in [6.07, 6.45) is 2.02. The minimum absolute atomic E-state index is 0.135. The van der Waals surface area contributed by atoms with Crippen molar-refractivity contribution in [2.24, 2.45) is 5.92 Å². The summed E-state index contributed by atoms with van der Waals surface area (Å²) in [5, 5.41) is 8.96. The Bertz CT molecular complexity index is 453. The van der Waals surface area contributed by atoms with E-state index in [-0.39, 0.29) is 17.8 Å². The second-order valence-electron chi connectivity index (χ2n) is 4.72. The molecule has 0 unspecified atom stereocenters. The number of aromatic nitrogens is 3. The van der Waals surface area contributed by atoms with Crippen molar-refractivity contribution in [3.05, 3.63) is 0 Å². The van der Waals surface area contributed by atoms with E-state index in [9.17, 15) is 4.79 Å². The second kappa shape index (κ2) is 7.61. The molecule has 21 heavy (non-hydrogen) atoms. The van der Waals surface area contributed by atoms with Gasteiger partial charge in [-0.3, -0.25) is 4.79 Å². The van der Waals surface area contributed by atoms with Crippen molar-refractivity contribution >= 4 is 17.8 Å². The fourth-order valence-electron chi connectivity index (χ4n) is 1.72. The van der Waals surface area contributed by atoms with E-state index in [1.54, 1.807) is 0 Å². The minimum atomic E-state index is 0.135. The predicted octanol–water partition coefficient (Wildman–Crippen LogP) is 0.640. The van der Waals surface area contributed by atoms with Gasteiger partial charge in [-0.1, -0.05) is 0 Å². The molecule has 0 aromatic carbocycles. The molecule has 0 atom stereocenters.